The van der Waals surface area contributed by atoms with Crippen molar-refractivity contribution in [3.63, 3.8) is 0 Å². The molecule has 3 atom stereocenters. The monoisotopic (exact) mass is 294 g/mol. The lowest BCUT2D eigenvalue weighted by Crippen LogP contribution is -2.54. The highest BCUT2D eigenvalue weighted by Gasteiger charge is 2.41. The maximum absolute atomic E-state index is 11.7. The van der Waals surface area contributed by atoms with E-state index >= 15 is 0 Å². The normalized spacial score (nSPS) is 31.5. The smallest absolute Gasteiger partial charge is 0.219 e. The van der Waals surface area contributed by atoms with Crippen LogP contribution in [0, 0.1) is 23.2 Å². The van der Waals surface area contributed by atoms with Crippen LogP contribution in [0.25, 0.3) is 0 Å². The minimum absolute atomic E-state index is 0.243. The third kappa shape index (κ3) is 3.80. The number of rotatable bonds is 3. The molecule has 0 aromatic carbocycles. The van der Waals surface area contributed by atoms with E-state index in [1.165, 1.54) is 19.3 Å². The van der Waals surface area contributed by atoms with E-state index in [4.69, 9.17) is 0 Å². The van der Waals surface area contributed by atoms with Crippen LogP contribution in [0.2, 0.25) is 0 Å². The number of piperidine rings is 2. The first-order valence-corrected chi connectivity index (χ1v) is 8.81. The molecule has 2 rings (SSSR count). The highest BCUT2D eigenvalue weighted by molar-refractivity contribution is 5.73. The molecule has 1 N–H and O–H groups in total. The summed E-state index contributed by atoms with van der Waals surface area (Å²) >= 11 is 0. The van der Waals surface area contributed by atoms with E-state index in [1.54, 1.807) is 6.92 Å². The fourth-order valence-corrected chi connectivity index (χ4v) is 4.24. The average molecular weight is 294 g/mol. The van der Waals surface area contributed by atoms with Gasteiger partial charge in [0.25, 0.3) is 0 Å². The van der Waals surface area contributed by atoms with Crippen molar-refractivity contribution in [3.8, 4) is 0 Å². The van der Waals surface area contributed by atoms with Gasteiger partial charge in [-0.3, -0.25) is 4.79 Å². The summed E-state index contributed by atoms with van der Waals surface area (Å²) in [7, 11) is 0. The third-order valence-corrected chi connectivity index (χ3v) is 6.21. The number of likely N-dealkylation sites (tertiary alicyclic amines) is 1. The van der Waals surface area contributed by atoms with E-state index in [0.29, 0.717) is 12.0 Å². The van der Waals surface area contributed by atoms with E-state index in [9.17, 15) is 4.79 Å². The van der Waals surface area contributed by atoms with Crippen LogP contribution in [0.5, 0.6) is 0 Å². The highest BCUT2D eigenvalue weighted by Crippen LogP contribution is 2.40. The van der Waals surface area contributed by atoms with Crippen LogP contribution in [0.15, 0.2) is 0 Å². The summed E-state index contributed by atoms with van der Waals surface area (Å²) in [5.41, 5.74) is 0.274. The zero-order valence-electron chi connectivity index (χ0n) is 14.6. The average Bonchev–Trinajstić information content (AvgIpc) is 2.47. The van der Waals surface area contributed by atoms with Crippen molar-refractivity contribution in [2.45, 2.75) is 66.3 Å². The first-order chi connectivity index (χ1) is 9.82. The quantitative estimate of drug-likeness (QED) is 0.866. The number of amides is 1. The third-order valence-electron chi connectivity index (χ3n) is 6.21. The van der Waals surface area contributed by atoms with Crippen LogP contribution in [-0.4, -0.2) is 36.5 Å². The van der Waals surface area contributed by atoms with Gasteiger partial charge >= 0.3 is 0 Å². The Kier molecular flexibility index (Phi) is 5.34. The van der Waals surface area contributed by atoms with Crippen molar-refractivity contribution in [1.82, 2.24) is 10.2 Å². The van der Waals surface area contributed by atoms with Gasteiger partial charge in [-0.15, -0.1) is 0 Å². The van der Waals surface area contributed by atoms with Gasteiger partial charge in [0.05, 0.1) is 0 Å². The number of hydrogen-bond acceptors (Lipinski definition) is 2. The molecule has 122 valence electrons. The summed E-state index contributed by atoms with van der Waals surface area (Å²) in [5.74, 6) is 2.48. The molecule has 2 aliphatic rings. The Balaban J connectivity index is 1.96. The molecule has 2 aliphatic heterocycles. The maximum atomic E-state index is 11.7. The van der Waals surface area contributed by atoms with Crippen LogP contribution in [0.1, 0.15) is 60.3 Å². The summed E-state index contributed by atoms with van der Waals surface area (Å²) < 4.78 is 0. The summed E-state index contributed by atoms with van der Waals surface area (Å²) in [5, 5.41) is 3.83. The van der Waals surface area contributed by atoms with Crippen LogP contribution in [0.3, 0.4) is 0 Å². The zero-order valence-corrected chi connectivity index (χ0v) is 14.6. The van der Waals surface area contributed by atoms with Gasteiger partial charge in [-0.25, -0.2) is 0 Å². The van der Waals surface area contributed by atoms with Gasteiger partial charge < -0.3 is 10.2 Å². The topological polar surface area (TPSA) is 32.3 Å². The van der Waals surface area contributed by atoms with Crippen LogP contribution in [-0.2, 0) is 4.79 Å². The minimum atomic E-state index is 0.243. The van der Waals surface area contributed by atoms with Gasteiger partial charge in [-0.2, -0.15) is 0 Å². The molecule has 2 fully saturated rings. The van der Waals surface area contributed by atoms with Crippen LogP contribution >= 0.6 is 0 Å². The first kappa shape index (κ1) is 16.8. The van der Waals surface area contributed by atoms with Gasteiger partial charge in [-0.1, -0.05) is 27.7 Å². The Labute approximate surface area is 130 Å². The molecule has 3 nitrogen and oxygen atoms in total. The summed E-state index contributed by atoms with van der Waals surface area (Å²) in [6.07, 6.45) is 5.06. The number of nitrogens with one attached hydrogen (secondary N) is 1. The second-order valence-electron chi connectivity index (χ2n) is 8.17. The van der Waals surface area contributed by atoms with E-state index in [1.807, 2.05) is 0 Å². The molecule has 0 spiro atoms. The Bertz CT molecular complexity index is 356. The Morgan fingerprint density at radius 2 is 1.95 bits per heavy atom. The predicted octanol–water partition coefficient (Wildman–Crippen LogP) is 3.30. The Morgan fingerprint density at radius 3 is 2.48 bits per heavy atom. The van der Waals surface area contributed by atoms with Crippen molar-refractivity contribution < 1.29 is 4.79 Å². The maximum Gasteiger partial charge on any atom is 0.219 e. The van der Waals surface area contributed by atoms with Gasteiger partial charge in [0, 0.05) is 26.1 Å². The highest BCUT2D eigenvalue weighted by atomic mass is 16.2. The SMILES string of the molecule is CC(=O)N1CCCC(C(C)(C)C2CCC(C(C)C)CN2)C1. The summed E-state index contributed by atoms with van der Waals surface area (Å²) in [6.45, 7) is 14.3. The van der Waals surface area contributed by atoms with E-state index in [-0.39, 0.29) is 11.3 Å². The molecular weight excluding hydrogens is 260 g/mol. The number of nitrogens with zero attached hydrogens (tertiary/aromatic N) is 1. The van der Waals surface area contributed by atoms with E-state index in [2.05, 4.69) is 37.9 Å². The zero-order chi connectivity index (χ0) is 15.6. The molecule has 0 aromatic rings. The molecule has 2 saturated heterocycles. The van der Waals surface area contributed by atoms with Crippen molar-refractivity contribution in [2.24, 2.45) is 23.2 Å². The van der Waals surface area contributed by atoms with Gasteiger partial charge in [0.1, 0.15) is 0 Å². The molecule has 1 amide bonds. The molecule has 3 heteroatoms. The fraction of sp³-hybridized carbons (Fsp3) is 0.944. The van der Waals surface area contributed by atoms with Gasteiger partial charge in [0.15, 0.2) is 0 Å². The fourth-order valence-electron chi connectivity index (χ4n) is 4.24. The predicted molar refractivity (Wildman–Crippen MR) is 88.1 cm³/mol. The summed E-state index contributed by atoms with van der Waals surface area (Å²) in [4.78, 5) is 13.7. The largest absolute Gasteiger partial charge is 0.343 e. The van der Waals surface area contributed by atoms with Crippen LogP contribution < -0.4 is 5.32 Å². The number of carbonyl (C=O) groups is 1. The van der Waals surface area contributed by atoms with Crippen LogP contribution in [0.4, 0.5) is 0 Å². The lowest BCUT2D eigenvalue weighted by molar-refractivity contribution is -0.131. The number of hydrogen-bond donors (Lipinski definition) is 1. The second kappa shape index (κ2) is 6.68. The molecule has 2 heterocycles. The minimum Gasteiger partial charge on any atom is -0.343 e. The van der Waals surface area contributed by atoms with Gasteiger partial charge in [-0.05, 0) is 55.4 Å². The Morgan fingerprint density at radius 1 is 1.24 bits per heavy atom. The van der Waals surface area contributed by atoms with Crippen molar-refractivity contribution >= 4 is 5.91 Å². The molecule has 0 aromatic heterocycles. The lowest BCUT2D eigenvalue weighted by atomic mass is 9.66. The molecule has 0 aliphatic carbocycles. The van der Waals surface area contributed by atoms with Gasteiger partial charge in [0.2, 0.25) is 5.91 Å². The van der Waals surface area contributed by atoms with E-state index < -0.39 is 0 Å². The molecule has 21 heavy (non-hydrogen) atoms. The summed E-state index contributed by atoms with van der Waals surface area (Å²) in [6, 6.07) is 0.601. The Hall–Kier alpha value is -0.570. The lowest BCUT2D eigenvalue weighted by Gasteiger charge is -2.48. The van der Waals surface area contributed by atoms with Crippen molar-refractivity contribution in [3.05, 3.63) is 0 Å². The number of carbonyl (C=O) groups excluding carboxylic acids is 1. The standard InChI is InChI=1S/C18H34N2O/c1-13(2)15-8-9-17(19-11-15)18(4,5)16-7-6-10-20(12-16)14(3)21/h13,15-17,19H,6-12H2,1-5H3. The molecular formula is C18H34N2O. The molecule has 0 saturated carbocycles. The van der Waals surface area contributed by atoms with E-state index in [0.717, 1.165) is 37.9 Å². The second-order valence-corrected chi connectivity index (χ2v) is 8.17. The van der Waals surface area contributed by atoms with Crippen molar-refractivity contribution in [1.29, 1.82) is 0 Å². The first-order valence-electron chi connectivity index (χ1n) is 8.81. The molecule has 0 radical (unpaired) electrons. The molecule has 0 bridgehead atoms. The van der Waals surface area contributed by atoms with Crippen molar-refractivity contribution in [2.75, 3.05) is 19.6 Å². The molecule has 3 unspecified atom stereocenters.